The molecule has 3 nitrogen and oxygen atoms in total. The third-order valence-corrected chi connectivity index (χ3v) is 2.38. The number of nitrogens with zero attached hydrogens (tertiary/aromatic N) is 1. The summed E-state index contributed by atoms with van der Waals surface area (Å²) in [5.74, 6) is 0.511. The number of phenolic OH excluding ortho intramolecular Hbond substituents is 1. The Morgan fingerprint density at radius 1 is 1.53 bits per heavy atom. The normalized spacial score (nSPS) is 10.1. The number of phenols is 1. The molecular formula is C11H14ClNO2. The number of amides is 1. The number of alkyl halides is 1. The molecule has 1 aromatic rings. The van der Waals surface area contributed by atoms with Gasteiger partial charge in [-0.25, -0.2) is 0 Å². The number of hydrogen-bond donors (Lipinski definition) is 1. The van der Waals surface area contributed by atoms with Gasteiger partial charge in [0.15, 0.2) is 0 Å². The predicted octanol–water partition coefficient (Wildman–Crippen LogP) is 2.01. The zero-order valence-corrected chi connectivity index (χ0v) is 9.58. The average molecular weight is 228 g/mol. The summed E-state index contributed by atoms with van der Waals surface area (Å²) in [6, 6.07) is 4.70. The molecule has 0 aliphatic rings. The fourth-order valence-electron chi connectivity index (χ4n) is 1.32. The van der Waals surface area contributed by atoms with Crippen LogP contribution in [0, 0.1) is 6.92 Å². The maximum Gasteiger partial charge on any atom is 0.253 e. The number of rotatable bonds is 3. The topological polar surface area (TPSA) is 40.5 Å². The van der Waals surface area contributed by atoms with E-state index in [1.807, 2.05) is 0 Å². The Morgan fingerprint density at radius 3 is 2.73 bits per heavy atom. The van der Waals surface area contributed by atoms with E-state index in [9.17, 15) is 9.90 Å². The Bertz CT molecular complexity index is 366. The van der Waals surface area contributed by atoms with Crippen LogP contribution >= 0.6 is 11.6 Å². The summed E-state index contributed by atoms with van der Waals surface area (Å²) in [7, 11) is 1.71. The van der Waals surface area contributed by atoms with Gasteiger partial charge in [0.25, 0.3) is 5.91 Å². The maximum atomic E-state index is 11.9. The SMILES string of the molecule is Cc1cc(O)ccc1C(=O)N(C)CCCl. The number of halogens is 1. The van der Waals surface area contributed by atoms with Crippen LogP contribution in [-0.2, 0) is 0 Å². The molecular weight excluding hydrogens is 214 g/mol. The summed E-state index contributed by atoms with van der Waals surface area (Å²) in [6.07, 6.45) is 0. The summed E-state index contributed by atoms with van der Waals surface area (Å²) in [4.78, 5) is 13.4. The van der Waals surface area contributed by atoms with Crippen LogP contribution in [0.25, 0.3) is 0 Å². The fraction of sp³-hybridized carbons (Fsp3) is 0.364. The van der Waals surface area contributed by atoms with Gasteiger partial charge in [0.2, 0.25) is 0 Å². The number of aryl methyl sites for hydroxylation is 1. The Balaban J connectivity index is 2.91. The van der Waals surface area contributed by atoms with Crippen LogP contribution in [0.15, 0.2) is 18.2 Å². The first-order valence-electron chi connectivity index (χ1n) is 4.67. The second kappa shape index (κ2) is 5.03. The van der Waals surface area contributed by atoms with Gasteiger partial charge >= 0.3 is 0 Å². The van der Waals surface area contributed by atoms with E-state index >= 15 is 0 Å². The Morgan fingerprint density at radius 2 is 2.20 bits per heavy atom. The highest BCUT2D eigenvalue weighted by Crippen LogP contribution is 2.16. The van der Waals surface area contributed by atoms with Crippen LogP contribution in [0.1, 0.15) is 15.9 Å². The van der Waals surface area contributed by atoms with E-state index in [4.69, 9.17) is 11.6 Å². The smallest absolute Gasteiger partial charge is 0.253 e. The first-order valence-corrected chi connectivity index (χ1v) is 5.20. The van der Waals surface area contributed by atoms with Crippen molar-refractivity contribution < 1.29 is 9.90 Å². The third kappa shape index (κ3) is 2.86. The van der Waals surface area contributed by atoms with Gasteiger partial charge in [-0.2, -0.15) is 0 Å². The standard InChI is InChI=1S/C11H14ClNO2/c1-8-7-9(14)3-4-10(8)11(15)13(2)6-5-12/h3-4,7,14H,5-6H2,1-2H3. The van der Waals surface area contributed by atoms with Crippen molar-refractivity contribution in [2.75, 3.05) is 19.5 Å². The molecule has 0 radical (unpaired) electrons. The van der Waals surface area contributed by atoms with Crippen molar-refractivity contribution in [1.29, 1.82) is 0 Å². The lowest BCUT2D eigenvalue weighted by Gasteiger charge is -2.16. The third-order valence-electron chi connectivity index (χ3n) is 2.21. The average Bonchev–Trinajstić information content (AvgIpc) is 2.17. The van der Waals surface area contributed by atoms with Gasteiger partial charge in [-0.3, -0.25) is 4.79 Å². The summed E-state index contributed by atoms with van der Waals surface area (Å²) >= 11 is 5.56. The van der Waals surface area contributed by atoms with Crippen LogP contribution in [0.4, 0.5) is 0 Å². The second-order valence-electron chi connectivity index (χ2n) is 3.41. The van der Waals surface area contributed by atoms with Crippen molar-refractivity contribution in [3.63, 3.8) is 0 Å². The van der Waals surface area contributed by atoms with Gasteiger partial charge in [0, 0.05) is 25.0 Å². The molecule has 0 heterocycles. The minimum Gasteiger partial charge on any atom is -0.508 e. The molecule has 0 fully saturated rings. The van der Waals surface area contributed by atoms with Crippen LogP contribution in [-0.4, -0.2) is 35.4 Å². The highest BCUT2D eigenvalue weighted by atomic mass is 35.5. The van der Waals surface area contributed by atoms with Crippen LogP contribution < -0.4 is 0 Å². The molecule has 0 aromatic heterocycles. The van der Waals surface area contributed by atoms with E-state index < -0.39 is 0 Å². The summed E-state index contributed by atoms with van der Waals surface area (Å²) in [6.45, 7) is 2.31. The molecule has 4 heteroatoms. The van der Waals surface area contributed by atoms with Gasteiger partial charge in [0.05, 0.1) is 0 Å². The van der Waals surface area contributed by atoms with E-state index in [2.05, 4.69) is 0 Å². The highest BCUT2D eigenvalue weighted by molar-refractivity contribution is 6.18. The summed E-state index contributed by atoms with van der Waals surface area (Å²) in [5.41, 5.74) is 1.36. The first-order chi connectivity index (χ1) is 7.06. The molecule has 0 bridgehead atoms. The minimum atomic E-state index is -0.0758. The highest BCUT2D eigenvalue weighted by Gasteiger charge is 2.13. The van der Waals surface area contributed by atoms with E-state index in [0.29, 0.717) is 18.0 Å². The maximum absolute atomic E-state index is 11.9. The zero-order chi connectivity index (χ0) is 11.4. The van der Waals surface area contributed by atoms with Crippen molar-refractivity contribution >= 4 is 17.5 Å². The molecule has 0 aliphatic carbocycles. The molecule has 0 saturated heterocycles. The summed E-state index contributed by atoms with van der Waals surface area (Å²) in [5, 5.41) is 9.22. The molecule has 0 spiro atoms. The van der Waals surface area contributed by atoms with Crippen LogP contribution in [0.5, 0.6) is 5.75 Å². The van der Waals surface area contributed by atoms with Gasteiger partial charge in [-0.1, -0.05) is 0 Å². The largest absolute Gasteiger partial charge is 0.508 e. The predicted molar refractivity (Wildman–Crippen MR) is 60.5 cm³/mol. The van der Waals surface area contributed by atoms with Gasteiger partial charge in [0.1, 0.15) is 5.75 Å². The number of carbonyl (C=O) groups is 1. The quantitative estimate of drug-likeness (QED) is 0.803. The van der Waals surface area contributed by atoms with Crippen LogP contribution in [0.3, 0.4) is 0 Å². The lowest BCUT2D eigenvalue weighted by Crippen LogP contribution is -2.29. The lowest BCUT2D eigenvalue weighted by atomic mass is 10.1. The van der Waals surface area contributed by atoms with Gasteiger partial charge in [-0.05, 0) is 30.7 Å². The summed E-state index contributed by atoms with van der Waals surface area (Å²) < 4.78 is 0. The molecule has 1 aromatic carbocycles. The van der Waals surface area contributed by atoms with E-state index in [0.717, 1.165) is 5.56 Å². The lowest BCUT2D eigenvalue weighted by molar-refractivity contribution is 0.0802. The van der Waals surface area contributed by atoms with Crippen molar-refractivity contribution in [3.05, 3.63) is 29.3 Å². The Kier molecular flexibility index (Phi) is 3.97. The van der Waals surface area contributed by atoms with E-state index in [-0.39, 0.29) is 11.7 Å². The van der Waals surface area contributed by atoms with Crippen molar-refractivity contribution in [2.45, 2.75) is 6.92 Å². The second-order valence-corrected chi connectivity index (χ2v) is 3.79. The molecule has 0 saturated carbocycles. The molecule has 0 atom stereocenters. The van der Waals surface area contributed by atoms with Gasteiger partial charge < -0.3 is 10.0 Å². The number of benzene rings is 1. The zero-order valence-electron chi connectivity index (χ0n) is 8.83. The fourth-order valence-corrected chi connectivity index (χ4v) is 1.58. The van der Waals surface area contributed by atoms with Crippen molar-refractivity contribution in [1.82, 2.24) is 4.90 Å². The van der Waals surface area contributed by atoms with E-state index in [1.165, 1.54) is 6.07 Å². The number of aromatic hydroxyl groups is 1. The molecule has 1 rings (SSSR count). The molecule has 82 valence electrons. The van der Waals surface area contributed by atoms with Crippen molar-refractivity contribution in [3.8, 4) is 5.75 Å². The molecule has 0 aliphatic heterocycles. The first kappa shape index (κ1) is 11.9. The molecule has 0 unspecified atom stereocenters. The molecule has 15 heavy (non-hydrogen) atoms. The minimum absolute atomic E-state index is 0.0758. The number of carbonyl (C=O) groups excluding carboxylic acids is 1. The van der Waals surface area contributed by atoms with E-state index in [1.54, 1.807) is 31.0 Å². The number of hydrogen-bond acceptors (Lipinski definition) is 2. The Labute approximate surface area is 94.3 Å². The van der Waals surface area contributed by atoms with Crippen LogP contribution in [0.2, 0.25) is 0 Å². The van der Waals surface area contributed by atoms with Gasteiger partial charge in [-0.15, -0.1) is 11.6 Å². The molecule has 1 N–H and O–H groups in total. The molecule has 1 amide bonds. The van der Waals surface area contributed by atoms with Crippen molar-refractivity contribution in [2.24, 2.45) is 0 Å². The monoisotopic (exact) mass is 227 g/mol. The Hall–Kier alpha value is -1.22.